The van der Waals surface area contributed by atoms with Gasteiger partial charge in [0, 0.05) is 18.3 Å². The Labute approximate surface area is 153 Å². The van der Waals surface area contributed by atoms with Crippen molar-refractivity contribution in [2.45, 2.75) is 58.5 Å². The molecule has 25 heavy (non-hydrogen) atoms. The molecule has 4 nitrogen and oxygen atoms in total. The molecule has 1 aromatic carbocycles. The van der Waals surface area contributed by atoms with Gasteiger partial charge in [0.15, 0.2) is 0 Å². The lowest BCUT2D eigenvalue weighted by molar-refractivity contribution is -0.119. The van der Waals surface area contributed by atoms with Gasteiger partial charge in [0.1, 0.15) is 5.78 Å². The van der Waals surface area contributed by atoms with Crippen LogP contribution in [0.25, 0.3) is 0 Å². The van der Waals surface area contributed by atoms with Crippen LogP contribution in [0.1, 0.15) is 45.6 Å². The number of carbonyl (C=O) groups excluding carboxylic acids is 1. The number of hydrogen-bond acceptors (Lipinski definition) is 4. The Bertz CT molecular complexity index is 513. The number of benzene rings is 1. The van der Waals surface area contributed by atoms with E-state index in [2.05, 4.69) is 55.3 Å². The van der Waals surface area contributed by atoms with Crippen molar-refractivity contribution in [3.8, 4) is 0 Å². The summed E-state index contributed by atoms with van der Waals surface area (Å²) in [7, 11) is 0. The van der Waals surface area contributed by atoms with Crippen molar-refractivity contribution in [3.05, 3.63) is 48.2 Å². The molecular weight excluding hydrogens is 310 g/mol. The molecule has 0 aromatic heterocycles. The Morgan fingerprint density at radius 3 is 2.44 bits per heavy atom. The number of carbonyl (C=O) groups is 1. The predicted octanol–water partition coefficient (Wildman–Crippen LogP) is 3.03. The molecule has 0 heterocycles. The second-order valence-electron chi connectivity index (χ2n) is 7.07. The predicted molar refractivity (Wildman–Crippen MR) is 106 cm³/mol. The first kappa shape index (κ1) is 21.4. The SMILES string of the molecule is C=C(NC(CNC(CCCCN)C(C)=O)Cc1ccccc1)C(C)C. The number of Topliss-reactive ketones (excluding diaryl/α,β-unsaturated/α-hetero) is 1. The zero-order valence-electron chi connectivity index (χ0n) is 16.1. The molecule has 1 rings (SSSR count). The van der Waals surface area contributed by atoms with Crippen molar-refractivity contribution >= 4 is 5.78 Å². The van der Waals surface area contributed by atoms with E-state index in [1.807, 2.05) is 6.07 Å². The van der Waals surface area contributed by atoms with Crippen LogP contribution in [0.15, 0.2) is 42.6 Å². The number of allylic oxidation sites excluding steroid dienone is 1. The van der Waals surface area contributed by atoms with E-state index in [0.717, 1.165) is 37.9 Å². The summed E-state index contributed by atoms with van der Waals surface area (Å²) in [5, 5.41) is 6.99. The largest absolute Gasteiger partial charge is 0.384 e. The van der Waals surface area contributed by atoms with Gasteiger partial charge in [-0.3, -0.25) is 4.79 Å². The first-order chi connectivity index (χ1) is 11.9. The molecule has 4 N–H and O–H groups in total. The molecule has 0 saturated carbocycles. The minimum atomic E-state index is -0.0982. The van der Waals surface area contributed by atoms with E-state index in [1.54, 1.807) is 6.92 Å². The van der Waals surface area contributed by atoms with Crippen molar-refractivity contribution in [3.63, 3.8) is 0 Å². The highest BCUT2D eigenvalue weighted by Crippen LogP contribution is 2.09. The van der Waals surface area contributed by atoms with Crippen molar-refractivity contribution in [2.75, 3.05) is 13.1 Å². The highest BCUT2D eigenvalue weighted by Gasteiger charge is 2.17. The maximum Gasteiger partial charge on any atom is 0.146 e. The molecule has 1 aromatic rings. The Balaban J connectivity index is 2.67. The number of hydrogen-bond donors (Lipinski definition) is 3. The highest BCUT2D eigenvalue weighted by molar-refractivity contribution is 5.81. The number of unbranched alkanes of at least 4 members (excludes halogenated alkanes) is 1. The van der Waals surface area contributed by atoms with Crippen LogP contribution in [0.4, 0.5) is 0 Å². The lowest BCUT2D eigenvalue weighted by atomic mass is 10.0. The van der Waals surface area contributed by atoms with Crippen LogP contribution in [-0.4, -0.2) is 31.0 Å². The number of rotatable bonds is 13. The van der Waals surface area contributed by atoms with Crippen LogP contribution in [0.3, 0.4) is 0 Å². The third-order valence-electron chi connectivity index (χ3n) is 4.46. The van der Waals surface area contributed by atoms with Crippen molar-refractivity contribution < 1.29 is 4.79 Å². The first-order valence-corrected chi connectivity index (χ1v) is 9.37. The Morgan fingerprint density at radius 2 is 1.88 bits per heavy atom. The van der Waals surface area contributed by atoms with E-state index in [9.17, 15) is 4.79 Å². The van der Waals surface area contributed by atoms with E-state index >= 15 is 0 Å². The van der Waals surface area contributed by atoms with E-state index in [-0.39, 0.29) is 17.9 Å². The summed E-state index contributed by atoms with van der Waals surface area (Å²) >= 11 is 0. The molecule has 0 saturated heterocycles. The van der Waals surface area contributed by atoms with Gasteiger partial charge in [-0.25, -0.2) is 0 Å². The first-order valence-electron chi connectivity index (χ1n) is 9.37. The fourth-order valence-corrected chi connectivity index (χ4v) is 2.73. The van der Waals surface area contributed by atoms with E-state index < -0.39 is 0 Å². The summed E-state index contributed by atoms with van der Waals surface area (Å²) in [6.45, 7) is 11.5. The molecule has 0 bridgehead atoms. The Morgan fingerprint density at radius 1 is 1.20 bits per heavy atom. The van der Waals surface area contributed by atoms with Gasteiger partial charge in [0.25, 0.3) is 0 Å². The summed E-state index contributed by atoms with van der Waals surface area (Å²) in [4.78, 5) is 11.9. The van der Waals surface area contributed by atoms with Gasteiger partial charge in [-0.2, -0.15) is 0 Å². The van der Waals surface area contributed by atoms with Gasteiger partial charge in [-0.05, 0) is 44.2 Å². The third-order valence-corrected chi connectivity index (χ3v) is 4.46. The normalized spacial score (nSPS) is 13.5. The van der Waals surface area contributed by atoms with Crippen LogP contribution in [-0.2, 0) is 11.2 Å². The van der Waals surface area contributed by atoms with E-state index in [1.165, 1.54) is 5.56 Å². The van der Waals surface area contributed by atoms with Crippen molar-refractivity contribution in [1.82, 2.24) is 10.6 Å². The van der Waals surface area contributed by atoms with Gasteiger partial charge in [-0.1, -0.05) is 57.2 Å². The van der Waals surface area contributed by atoms with Gasteiger partial charge >= 0.3 is 0 Å². The monoisotopic (exact) mass is 345 g/mol. The third kappa shape index (κ3) is 8.84. The molecule has 0 fully saturated rings. The van der Waals surface area contributed by atoms with Gasteiger partial charge < -0.3 is 16.4 Å². The van der Waals surface area contributed by atoms with Gasteiger partial charge in [-0.15, -0.1) is 0 Å². The number of nitrogens with one attached hydrogen (secondary N) is 2. The quantitative estimate of drug-likeness (QED) is 0.481. The standard InChI is InChI=1S/C21H35N3O/c1-16(2)17(3)24-20(14-19-10-6-5-7-11-19)15-23-21(18(4)25)12-8-9-13-22/h5-7,10-11,16,20-21,23-24H,3,8-9,12-15,22H2,1-2,4H3. The molecule has 0 aliphatic heterocycles. The average Bonchev–Trinajstić information content (AvgIpc) is 2.58. The maximum absolute atomic E-state index is 11.9. The fourth-order valence-electron chi connectivity index (χ4n) is 2.73. The molecular formula is C21H35N3O. The molecule has 0 aliphatic carbocycles. The van der Waals surface area contributed by atoms with Gasteiger partial charge in [0.2, 0.25) is 0 Å². The molecule has 2 unspecified atom stereocenters. The molecule has 4 heteroatoms. The molecule has 140 valence electrons. The second kappa shape index (κ2) is 11.8. The molecule has 0 amide bonds. The van der Waals surface area contributed by atoms with Crippen molar-refractivity contribution in [2.24, 2.45) is 11.7 Å². The van der Waals surface area contributed by atoms with Crippen LogP contribution < -0.4 is 16.4 Å². The molecule has 0 aliphatic rings. The van der Waals surface area contributed by atoms with Crippen LogP contribution in [0, 0.1) is 5.92 Å². The Kier molecular flexibility index (Phi) is 10.1. The molecule has 0 radical (unpaired) electrons. The number of ketones is 1. The fraction of sp³-hybridized carbons (Fsp3) is 0.571. The Hall–Kier alpha value is -1.65. The summed E-state index contributed by atoms with van der Waals surface area (Å²) in [5.41, 5.74) is 7.87. The summed E-state index contributed by atoms with van der Waals surface area (Å²) in [5.74, 6) is 0.574. The minimum Gasteiger partial charge on any atom is -0.384 e. The van der Waals surface area contributed by atoms with E-state index in [4.69, 9.17) is 5.73 Å². The highest BCUT2D eigenvalue weighted by atomic mass is 16.1. The molecule has 2 atom stereocenters. The van der Waals surface area contributed by atoms with Crippen LogP contribution >= 0.6 is 0 Å². The van der Waals surface area contributed by atoms with E-state index in [0.29, 0.717) is 12.5 Å². The molecule has 0 spiro atoms. The lowest BCUT2D eigenvalue weighted by Crippen LogP contribution is -2.46. The second-order valence-corrected chi connectivity index (χ2v) is 7.07. The maximum atomic E-state index is 11.9. The summed E-state index contributed by atoms with van der Waals surface area (Å²) in [6.07, 6.45) is 3.67. The zero-order chi connectivity index (χ0) is 18.7. The topological polar surface area (TPSA) is 67.2 Å². The summed E-state index contributed by atoms with van der Waals surface area (Å²) < 4.78 is 0. The lowest BCUT2D eigenvalue weighted by Gasteiger charge is -2.26. The van der Waals surface area contributed by atoms with Crippen molar-refractivity contribution in [1.29, 1.82) is 0 Å². The summed E-state index contributed by atoms with van der Waals surface area (Å²) in [6, 6.07) is 10.5. The smallest absolute Gasteiger partial charge is 0.146 e. The zero-order valence-corrected chi connectivity index (χ0v) is 16.1. The minimum absolute atomic E-state index is 0.0982. The van der Waals surface area contributed by atoms with Crippen LogP contribution in [0.2, 0.25) is 0 Å². The van der Waals surface area contributed by atoms with Crippen LogP contribution in [0.5, 0.6) is 0 Å². The number of nitrogens with two attached hydrogens (primary N) is 1. The van der Waals surface area contributed by atoms with Gasteiger partial charge in [0.05, 0.1) is 6.04 Å². The average molecular weight is 346 g/mol.